The summed E-state index contributed by atoms with van der Waals surface area (Å²) in [4.78, 5) is 14.8. The molecular formula is C22H32N4O. The second kappa shape index (κ2) is 8.70. The molecule has 27 heavy (non-hydrogen) atoms. The molecule has 1 atom stereocenters. The minimum absolute atomic E-state index is 0.00251. The SMILES string of the molecule is CC1CCCN(C(C)(C)CNC(=O)CCc2cnn(-c3ccccc3)c2)C1. The molecule has 1 amide bonds. The highest BCUT2D eigenvalue weighted by Gasteiger charge is 2.30. The Morgan fingerprint density at radius 2 is 2.07 bits per heavy atom. The van der Waals surface area contributed by atoms with Gasteiger partial charge in [-0.15, -0.1) is 0 Å². The van der Waals surface area contributed by atoms with Crippen LogP contribution in [0, 0.1) is 5.92 Å². The van der Waals surface area contributed by atoms with Crippen LogP contribution in [-0.2, 0) is 11.2 Å². The van der Waals surface area contributed by atoms with E-state index in [0.717, 1.165) is 30.3 Å². The molecule has 0 aliphatic carbocycles. The van der Waals surface area contributed by atoms with Crippen LogP contribution in [-0.4, -0.2) is 45.8 Å². The van der Waals surface area contributed by atoms with Crippen molar-refractivity contribution in [3.8, 4) is 5.69 Å². The summed E-state index contributed by atoms with van der Waals surface area (Å²) < 4.78 is 1.86. The quantitative estimate of drug-likeness (QED) is 0.814. The number of piperidine rings is 1. The highest BCUT2D eigenvalue weighted by Crippen LogP contribution is 2.23. The van der Waals surface area contributed by atoms with Gasteiger partial charge in [0.25, 0.3) is 0 Å². The Bertz CT molecular complexity index is 738. The molecule has 0 radical (unpaired) electrons. The Morgan fingerprint density at radius 3 is 2.81 bits per heavy atom. The van der Waals surface area contributed by atoms with Crippen LogP contribution in [0.25, 0.3) is 5.69 Å². The van der Waals surface area contributed by atoms with Crippen molar-refractivity contribution >= 4 is 5.91 Å². The first-order chi connectivity index (χ1) is 12.9. The predicted molar refractivity (Wildman–Crippen MR) is 109 cm³/mol. The van der Waals surface area contributed by atoms with Gasteiger partial charge in [-0.05, 0) is 63.3 Å². The first kappa shape index (κ1) is 19.6. The molecule has 0 spiro atoms. The van der Waals surface area contributed by atoms with E-state index in [-0.39, 0.29) is 11.4 Å². The van der Waals surface area contributed by atoms with Gasteiger partial charge < -0.3 is 5.32 Å². The maximum atomic E-state index is 12.3. The molecule has 1 N–H and O–H groups in total. The molecule has 1 unspecified atom stereocenters. The molecule has 1 aromatic heterocycles. The van der Waals surface area contributed by atoms with E-state index in [1.165, 1.54) is 12.8 Å². The fourth-order valence-electron chi connectivity index (χ4n) is 3.72. The fourth-order valence-corrected chi connectivity index (χ4v) is 3.72. The number of rotatable bonds is 7. The van der Waals surface area contributed by atoms with Crippen molar-refractivity contribution < 1.29 is 4.79 Å². The lowest BCUT2D eigenvalue weighted by atomic mass is 9.93. The zero-order valence-electron chi connectivity index (χ0n) is 16.8. The summed E-state index contributed by atoms with van der Waals surface area (Å²) in [6, 6.07) is 10.0. The lowest BCUT2D eigenvalue weighted by Gasteiger charge is -2.43. The maximum absolute atomic E-state index is 12.3. The van der Waals surface area contributed by atoms with Crippen LogP contribution in [0.3, 0.4) is 0 Å². The Balaban J connectivity index is 1.45. The molecule has 5 nitrogen and oxygen atoms in total. The highest BCUT2D eigenvalue weighted by molar-refractivity contribution is 5.76. The van der Waals surface area contributed by atoms with Gasteiger partial charge in [0.1, 0.15) is 0 Å². The monoisotopic (exact) mass is 368 g/mol. The number of nitrogens with zero attached hydrogens (tertiary/aromatic N) is 3. The van der Waals surface area contributed by atoms with E-state index in [1.54, 1.807) is 0 Å². The number of amides is 1. The normalized spacial score (nSPS) is 18.4. The van der Waals surface area contributed by atoms with Crippen molar-refractivity contribution in [3.05, 3.63) is 48.3 Å². The van der Waals surface area contributed by atoms with Crippen molar-refractivity contribution in [1.82, 2.24) is 20.0 Å². The molecule has 1 fully saturated rings. The number of nitrogens with one attached hydrogen (secondary N) is 1. The summed E-state index contributed by atoms with van der Waals surface area (Å²) in [5, 5.41) is 7.53. The number of hydrogen-bond acceptors (Lipinski definition) is 3. The summed E-state index contributed by atoms with van der Waals surface area (Å²) in [6.45, 7) is 9.73. The predicted octanol–water partition coefficient (Wildman–Crippen LogP) is 3.43. The molecule has 3 rings (SSSR count). The zero-order chi connectivity index (χ0) is 19.3. The van der Waals surface area contributed by atoms with Crippen molar-refractivity contribution in [2.24, 2.45) is 5.92 Å². The number of para-hydroxylation sites is 1. The van der Waals surface area contributed by atoms with Crippen molar-refractivity contribution in [3.63, 3.8) is 0 Å². The molecule has 0 bridgehead atoms. The average Bonchev–Trinajstić information content (AvgIpc) is 3.15. The minimum Gasteiger partial charge on any atom is -0.354 e. The third kappa shape index (κ3) is 5.42. The van der Waals surface area contributed by atoms with E-state index >= 15 is 0 Å². The Kier molecular flexibility index (Phi) is 6.32. The van der Waals surface area contributed by atoms with E-state index < -0.39 is 0 Å². The van der Waals surface area contributed by atoms with Gasteiger partial charge in [0, 0.05) is 31.2 Å². The molecule has 1 aliphatic heterocycles. The largest absolute Gasteiger partial charge is 0.354 e. The Morgan fingerprint density at radius 1 is 1.30 bits per heavy atom. The number of hydrogen-bond donors (Lipinski definition) is 1. The third-order valence-electron chi connectivity index (χ3n) is 5.53. The van der Waals surface area contributed by atoms with Crippen molar-refractivity contribution in [2.75, 3.05) is 19.6 Å². The van der Waals surface area contributed by atoms with Gasteiger partial charge in [0.2, 0.25) is 5.91 Å². The Hall–Kier alpha value is -2.14. The summed E-state index contributed by atoms with van der Waals surface area (Å²) in [5.74, 6) is 0.857. The van der Waals surface area contributed by atoms with Crippen LogP contribution in [0.1, 0.15) is 45.6 Å². The summed E-state index contributed by atoms with van der Waals surface area (Å²) in [6.07, 6.45) is 7.62. The molecule has 0 saturated carbocycles. The van der Waals surface area contributed by atoms with Crippen molar-refractivity contribution in [2.45, 2.75) is 52.0 Å². The van der Waals surface area contributed by atoms with Gasteiger partial charge in [0.05, 0.1) is 11.9 Å². The van der Waals surface area contributed by atoms with E-state index in [9.17, 15) is 4.79 Å². The van der Waals surface area contributed by atoms with Crippen molar-refractivity contribution in [1.29, 1.82) is 0 Å². The standard InChI is InChI=1S/C22H32N4O/c1-18-8-7-13-25(15-18)22(2,3)17-23-21(27)12-11-19-14-24-26(16-19)20-9-5-4-6-10-20/h4-6,9-10,14,16,18H,7-8,11-13,15,17H2,1-3H3,(H,23,27). The molecular weight excluding hydrogens is 336 g/mol. The second-order valence-corrected chi connectivity index (χ2v) is 8.41. The number of aromatic nitrogens is 2. The lowest BCUT2D eigenvalue weighted by molar-refractivity contribution is -0.121. The lowest BCUT2D eigenvalue weighted by Crippen LogP contribution is -2.54. The molecule has 2 aromatic rings. The number of likely N-dealkylation sites (tertiary alicyclic amines) is 1. The van der Waals surface area contributed by atoms with Gasteiger partial charge in [-0.3, -0.25) is 9.69 Å². The molecule has 5 heteroatoms. The van der Waals surface area contributed by atoms with Crippen LogP contribution < -0.4 is 5.32 Å². The molecule has 2 heterocycles. The molecule has 146 valence electrons. The maximum Gasteiger partial charge on any atom is 0.220 e. The number of carbonyl (C=O) groups excluding carboxylic acids is 1. The van der Waals surface area contributed by atoms with E-state index in [1.807, 2.05) is 47.4 Å². The minimum atomic E-state index is 0.00251. The number of benzene rings is 1. The number of carbonyl (C=O) groups is 1. The van der Waals surface area contributed by atoms with Crippen LogP contribution in [0.2, 0.25) is 0 Å². The molecule has 1 aromatic carbocycles. The third-order valence-corrected chi connectivity index (χ3v) is 5.53. The average molecular weight is 369 g/mol. The summed E-state index contributed by atoms with van der Waals surface area (Å²) >= 11 is 0. The van der Waals surface area contributed by atoms with Gasteiger partial charge in [0.15, 0.2) is 0 Å². The van der Waals surface area contributed by atoms with Crippen LogP contribution in [0.4, 0.5) is 0 Å². The first-order valence-corrected chi connectivity index (χ1v) is 10.0. The molecule has 1 aliphatic rings. The van der Waals surface area contributed by atoms with Gasteiger partial charge in [-0.1, -0.05) is 25.1 Å². The van der Waals surface area contributed by atoms with Crippen LogP contribution >= 0.6 is 0 Å². The van der Waals surface area contributed by atoms with Gasteiger partial charge >= 0.3 is 0 Å². The summed E-state index contributed by atoms with van der Waals surface area (Å²) in [7, 11) is 0. The van der Waals surface area contributed by atoms with Crippen LogP contribution in [0.5, 0.6) is 0 Å². The van der Waals surface area contributed by atoms with Gasteiger partial charge in [-0.25, -0.2) is 4.68 Å². The molecule has 1 saturated heterocycles. The second-order valence-electron chi connectivity index (χ2n) is 8.41. The van der Waals surface area contributed by atoms with E-state index in [4.69, 9.17) is 0 Å². The smallest absolute Gasteiger partial charge is 0.220 e. The zero-order valence-corrected chi connectivity index (χ0v) is 16.8. The highest BCUT2D eigenvalue weighted by atomic mass is 16.1. The number of aryl methyl sites for hydroxylation is 1. The first-order valence-electron chi connectivity index (χ1n) is 10.0. The fraction of sp³-hybridized carbons (Fsp3) is 0.545. The summed E-state index contributed by atoms with van der Waals surface area (Å²) in [5.41, 5.74) is 2.12. The van der Waals surface area contributed by atoms with E-state index in [2.05, 4.69) is 36.1 Å². The van der Waals surface area contributed by atoms with E-state index in [0.29, 0.717) is 19.4 Å². The van der Waals surface area contributed by atoms with Gasteiger partial charge in [-0.2, -0.15) is 5.10 Å². The topological polar surface area (TPSA) is 50.2 Å². The van der Waals surface area contributed by atoms with Crippen LogP contribution in [0.15, 0.2) is 42.7 Å². The Labute approximate surface area is 162 Å².